The first kappa shape index (κ1) is 19.3. The highest BCUT2D eigenvalue weighted by Gasteiger charge is 2.11. The van der Waals surface area contributed by atoms with E-state index in [0.29, 0.717) is 23.8 Å². The van der Waals surface area contributed by atoms with Crippen molar-refractivity contribution < 1.29 is 5.11 Å². The summed E-state index contributed by atoms with van der Waals surface area (Å²) in [4.78, 5) is 2.09. The Bertz CT molecular complexity index is 824. The molecule has 0 bridgehead atoms. The summed E-state index contributed by atoms with van der Waals surface area (Å²) < 4.78 is 0. The predicted octanol–water partition coefficient (Wildman–Crippen LogP) is 2.52. The highest BCUT2D eigenvalue weighted by Crippen LogP contribution is 2.18. The molecule has 1 aromatic heterocycles. The van der Waals surface area contributed by atoms with Gasteiger partial charge in [0, 0.05) is 36.8 Å². The van der Waals surface area contributed by atoms with E-state index in [4.69, 9.17) is 11.6 Å². The molecule has 3 N–H and O–H groups in total. The lowest BCUT2D eigenvalue weighted by atomic mass is 10.1. The molecule has 0 fully saturated rings. The molecule has 8 heteroatoms. The average molecular weight is 387 g/mol. The van der Waals surface area contributed by atoms with Crippen molar-refractivity contribution in [2.75, 3.05) is 32.0 Å². The Kier molecular flexibility index (Phi) is 6.75. The van der Waals surface area contributed by atoms with Crippen LogP contribution in [0.25, 0.3) is 0 Å². The zero-order valence-electron chi connectivity index (χ0n) is 15.1. The van der Waals surface area contributed by atoms with Gasteiger partial charge in [0.25, 0.3) is 0 Å². The van der Waals surface area contributed by atoms with Crippen molar-refractivity contribution in [3.8, 4) is 0 Å². The maximum absolute atomic E-state index is 10.3. The Morgan fingerprint density at radius 3 is 2.74 bits per heavy atom. The summed E-state index contributed by atoms with van der Waals surface area (Å²) in [5, 5.41) is 28.3. The number of hydrogen-bond acceptors (Lipinski definition) is 6. The normalized spacial score (nSPS) is 12.3. The van der Waals surface area contributed by atoms with Crippen LogP contribution >= 0.6 is 11.6 Å². The van der Waals surface area contributed by atoms with Crippen molar-refractivity contribution in [3.63, 3.8) is 0 Å². The van der Waals surface area contributed by atoms with Gasteiger partial charge in [-0.1, -0.05) is 41.1 Å². The third-order valence-corrected chi connectivity index (χ3v) is 4.48. The number of aliphatic hydroxyl groups is 1. The molecule has 0 spiro atoms. The van der Waals surface area contributed by atoms with E-state index >= 15 is 0 Å². The molecule has 0 aliphatic heterocycles. The largest absolute Gasteiger partial charge is 0.387 e. The molecule has 142 valence electrons. The Hall–Kier alpha value is -2.48. The zero-order chi connectivity index (χ0) is 19.1. The number of hydrogen-bond donors (Lipinski definition) is 3. The van der Waals surface area contributed by atoms with E-state index in [9.17, 15) is 5.11 Å². The zero-order valence-corrected chi connectivity index (χ0v) is 15.9. The summed E-state index contributed by atoms with van der Waals surface area (Å²) in [5.74, 6) is 0.676. The van der Waals surface area contributed by atoms with Crippen molar-refractivity contribution in [1.29, 1.82) is 0 Å². The highest BCUT2D eigenvalue weighted by molar-refractivity contribution is 6.30. The molecule has 0 amide bonds. The van der Waals surface area contributed by atoms with Crippen LogP contribution in [0.3, 0.4) is 0 Å². The van der Waals surface area contributed by atoms with Crippen LogP contribution in [-0.4, -0.2) is 57.3 Å². The van der Waals surface area contributed by atoms with E-state index in [1.165, 1.54) is 0 Å². The number of nitrogens with one attached hydrogen (secondary N) is 2. The van der Waals surface area contributed by atoms with Crippen molar-refractivity contribution in [2.45, 2.75) is 12.5 Å². The molecule has 1 heterocycles. The Morgan fingerprint density at radius 1 is 1.22 bits per heavy atom. The lowest BCUT2D eigenvalue weighted by Crippen LogP contribution is -2.29. The predicted molar refractivity (Wildman–Crippen MR) is 106 cm³/mol. The van der Waals surface area contributed by atoms with Gasteiger partial charge in [-0.25, -0.2) is 0 Å². The van der Waals surface area contributed by atoms with Crippen LogP contribution in [-0.2, 0) is 6.42 Å². The number of halogens is 1. The second kappa shape index (κ2) is 9.45. The molecule has 0 unspecified atom stereocenters. The summed E-state index contributed by atoms with van der Waals surface area (Å²) in [7, 11) is 1.99. The smallest absolute Gasteiger partial charge is 0.178 e. The second-order valence-corrected chi connectivity index (χ2v) is 6.90. The Balaban J connectivity index is 1.41. The topological polar surface area (TPSA) is 90.0 Å². The highest BCUT2D eigenvalue weighted by atomic mass is 35.5. The molecule has 0 saturated heterocycles. The van der Waals surface area contributed by atoms with Crippen LogP contribution in [0.4, 0.5) is 5.69 Å². The van der Waals surface area contributed by atoms with E-state index in [1.54, 1.807) is 12.1 Å². The number of benzene rings is 2. The molecular formula is C19H23ClN6O. The first-order valence-electron chi connectivity index (χ1n) is 8.77. The van der Waals surface area contributed by atoms with Crippen molar-refractivity contribution in [2.24, 2.45) is 0 Å². The number of aliphatic hydroxyl groups excluding tert-OH is 1. The number of aromatic nitrogens is 4. The lowest BCUT2D eigenvalue weighted by molar-refractivity contribution is 0.129. The minimum atomic E-state index is -0.557. The fourth-order valence-electron chi connectivity index (χ4n) is 2.78. The maximum atomic E-state index is 10.3. The molecular weight excluding hydrogens is 364 g/mol. The van der Waals surface area contributed by atoms with Gasteiger partial charge in [0.05, 0.1) is 6.10 Å². The molecule has 0 radical (unpaired) electrons. The van der Waals surface area contributed by atoms with Crippen molar-refractivity contribution >= 4 is 17.3 Å². The van der Waals surface area contributed by atoms with Gasteiger partial charge in [0.2, 0.25) is 0 Å². The van der Waals surface area contributed by atoms with Gasteiger partial charge in [-0.3, -0.25) is 0 Å². The second-order valence-electron chi connectivity index (χ2n) is 6.46. The molecule has 0 aliphatic rings. The monoisotopic (exact) mass is 386 g/mol. The number of rotatable bonds is 9. The summed E-state index contributed by atoms with van der Waals surface area (Å²) >= 11 is 5.98. The molecule has 0 aliphatic carbocycles. The first-order chi connectivity index (χ1) is 13.1. The average Bonchev–Trinajstić information content (AvgIpc) is 3.16. The number of nitrogens with zero attached hydrogens (tertiary/aromatic N) is 4. The summed E-state index contributed by atoms with van der Waals surface area (Å²) in [6.07, 6.45) is 0.0964. The van der Waals surface area contributed by atoms with Gasteiger partial charge < -0.3 is 15.3 Å². The standard InChI is InChI=1S/C19H23ClN6O/c1-26(13-18(27)15-3-2-4-16(20)12-15)10-9-21-17-7-5-14(6-8-17)11-19-22-24-25-23-19/h2-8,12,18,21,27H,9-11,13H2,1H3,(H,22,23,24,25)/t18-/m0/s1. The molecule has 1 atom stereocenters. The van der Waals surface area contributed by atoms with Gasteiger partial charge in [-0.2, -0.15) is 5.21 Å². The fraction of sp³-hybridized carbons (Fsp3) is 0.316. The number of aromatic amines is 1. The summed E-state index contributed by atoms with van der Waals surface area (Å²) in [6.45, 7) is 2.14. The van der Waals surface area contributed by atoms with Crippen molar-refractivity contribution in [3.05, 3.63) is 70.5 Å². The third kappa shape index (κ3) is 6.02. The van der Waals surface area contributed by atoms with Crippen LogP contribution in [0.5, 0.6) is 0 Å². The van der Waals surface area contributed by atoms with Gasteiger partial charge in [-0.15, -0.1) is 10.2 Å². The molecule has 2 aromatic carbocycles. The van der Waals surface area contributed by atoms with E-state index in [0.717, 1.165) is 29.9 Å². The number of H-pyrrole nitrogens is 1. The summed E-state index contributed by atoms with van der Waals surface area (Å²) in [6, 6.07) is 15.5. The SMILES string of the molecule is CN(CCNc1ccc(Cc2nn[nH]n2)cc1)C[C@H](O)c1cccc(Cl)c1. The fourth-order valence-corrected chi connectivity index (χ4v) is 2.98. The van der Waals surface area contributed by atoms with Crippen LogP contribution in [0.2, 0.25) is 5.02 Å². The number of tetrazole rings is 1. The van der Waals surface area contributed by atoms with Crippen LogP contribution < -0.4 is 5.32 Å². The molecule has 3 rings (SSSR count). The Morgan fingerprint density at radius 2 is 2.04 bits per heavy atom. The third-order valence-electron chi connectivity index (χ3n) is 4.25. The van der Waals surface area contributed by atoms with Gasteiger partial charge in [-0.05, 0) is 42.4 Å². The molecule has 0 saturated carbocycles. The Labute approximate surface area is 163 Å². The van der Waals surface area contributed by atoms with Crippen LogP contribution in [0.1, 0.15) is 23.1 Å². The van der Waals surface area contributed by atoms with Crippen LogP contribution in [0.15, 0.2) is 48.5 Å². The van der Waals surface area contributed by atoms with Crippen LogP contribution in [0, 0.1) is 0 Å². The summed E-state index contributed by atoms with van der Waals surface area (Å²) in [5.41, 5.74) is 3.01. The number of anilines is 1. The molecule has 7 nitrogen and oxygen atoms in total. The van der Waals surface area contributed by atoms with Gasteiger partial charge in [0.1, 0.15) is 0 Å². The van der Waals surface area contributed by atoms with E-state index < -0.39 is 6.10 Å². The van der Waals surface area contributed by atoms with Gasteiger partial charge >= 0.3 is 0 Å². The minimum absolute atomic E-state index is 0.547. The van der Waals surface area contributed by atoms with Gasteiger partial charge in [0.15, 0.2) is 5.82 Å². The molecule has 27 heavy (non-hydrogen) atoms. The number of likely N-dealkylation sites (N-methyl/N-ethyl adjacent to an activating group) is 1. The minimum Gasteiger partial charge on any atom is -0.387 e. The van der Waals surface area contributed by atoms with E-state index in [1.807, 2.05) is 43.4 Å². The quantitative estimate of drug-likeness (QED) is 0.523. The van der Waals surface area contributed by atoms with E-state index in [-0.39, 0.29) is 0 Å². The maximum Gasteiger partial charge on any atom is 0.178 e. The van der Waals surface area contributed by atoms with Crippen molar-refractivity contribution in [1.82, 2.24) is 25.5 Å². The van der Waals surface area contributed by atoms with E-state index in [2.05, 4.69) is 30.8 Å². The first-order valence-corrected chi connectivity index (χ1v) is 9.15. The molecule has 3 aromatic rings. The lowest BCUT2D eigenvalue weighted by Gasteiger charge is -2.21.